The maximum Gasteiger partial charge on any atom is 0.134 e. The zero-order chi connectivity index (χ0) is 31.3. The molecule has 0 amide bonds. The predicted octanol–water partition coefficient (Wildman–Crippen LogP) is 11.8. The average molecular weight is 607 g/mol. The van der Waals surface area contributed by atoms with Gasteiger partial charge in [0.25, 0.3) is 0 Å². The van der Waals surface area contributed by atoms with Gasteiger partial charge in [-0.25, -0.2) is 0 Å². The van der Waals surface area contributed by atoms with E-state index < -0.39 is 12.2 Å². The second-order valence-corrected chi connectivity index (χ2v) is 14.6. The third kappa shape index (κ3) is 21.9. The Morgan fingerprint density at radius 1 is 0.488 bits per heavy atom. The van der Waals surface area contributed by atoms with Crippen molar-refractivity contribution in [2.75, 3.05) is 19.6 Å². The Bertz CT molecular complexity index is 595. The SMILES string of the molecule is CCCCCCCCC=CCCCCCCCC[N+]1(C(C)CCCCCCCCCCCCCCCC)CC(O)C(O)C1. The molecule has 0 aromatic rings. The lowest BCUT2D eigenvalue weighted by Crippen LogP contribution is -2.54. The molecule has 1 aliphatic heterocycles. The minimum atomic E-state index is -0.534. The average Bonchev–Trinajstić information content (AvgIpc) is 3.30. The number of likely N-dealkylation sites (tertiary alicyclic amines) is 1. The van der Waals surface area contributed by atoms with Crippen molar-refractivity contribution in [2.45, 2.75) is 225 Å². The molecule has 3 atom stereocenters. The molecular weight excluding hydrogens is 526 g/mol. The van der Waals surface area contributed by atoms with E-state index in [4.69, 9.17) is 0 Å². The number of aliphatic hydroxyl groups is 2. The van der Waals surface area contributed by atoms with Crippen LogP contribution in [0.25, 0.3) is 0 Å². The minimum absolute atomic E-state index is 0.534. The highest BCUT2D eigenvalue weighted by Crippen LogP contribution is 2.29. The summed E-state index contributed by atoms with van der Waals surface area (Å²) >= 11 is 0. The lowest BCUT2D eigenvalue weighted by molar-refractivity contribution is -0.941. The summed E-state index contributed by atoms with van der Waals surface area (Å²) in [6, 6.07) is 0.548. The molecule has 0 bridgehead atoms. The highest BCUT2D eigenvalue weighted by Gasteiger charge is 2.46. The zero-order valence-electron chi connectivity index (χ0n) is 29.9. The first-order chi connectivity index (χ1) is 21.1. The van der Waals surface area contributed by atoms with E-state index in [0.29, 0.717) is 6.04 Å². The normalized spacial score (nSPS) is 21.3. The van der Waals surface area contributed by atoms with Crippen molar-refractivity contribution < 1.29 is 14.7 Å². The van der Waals surface area contributed by atoms with Crippen LogP contribution in [0.3, 0.4) is 0 Å². The van der Waals surface area contributed by atoms with E-state index in [0.717, 1.165) is 24.1 Å². The number of hydrogen-bond donors (Lipinski definition) is 2. The first-order valence-electron chi connectivity index (χ1n) is 19.9. The van der Waals surface area contributed by atoms with Gasteiger partial charge >= 0.3 is 0 Å². The molecule has 0 aromatic heterocycles. The summed E-state index contributed by atoms with van der Waals surface area (Å²) in [5, 5.41) is 20.9. The number of hydrogen-bond acceptors (Lipinski definition) is 2. The van der Waals surface area contributed by atoms with Gasteiger partial charge < -0.3 is 14.7 Å². The molecule has 0 spiro atoms. The second kappa shape index (κ2) is 29.1. The van der Waals surface area contributed by atoms with Crippen molar-refractivity contribution in [3.05, 3.63) is 12.2 Å². The third-order valence-electron chi connectivity index (χ3n) is 10.6. The van der Waals surface area contributed by atoms with Crippen LogP contribution < -0.4 is 0 Å². The molecule has 1 heterocycles. The van der Waals surface area contributed by atoms with E-state index in [2.05, 4.69) is 32.9 Å². The van der Waals surface area contributed by atoms with Crippen LogP contribution in [-0.2, 0) is 0 Å². The predicted molar refractivity (Wildman–Crippen MR) is 191 cm³/mol. The Kier molecular flexibility index (Phi) is 27.5. The quantitative estimate of drug-likeness (QED) is 0.0454. The standard InChI is InChI=1S/C40H80NO2/c1-4-6-8-10-12-14-16-18-20-21-23-25-27-29-31-33-35-41(36-39(42)40(43)37-41)38(3)34-32-30-28-26-24-22-19-17-15-13-11-9-7-5-2/h18,20,38-40,42-43H,4-17,19,21-37H2,1-3H3/q+1. The molecule has 0 aromatic carbocycles. The van der Waals surface area contributed by atoms with Crippen molar-refractivity contribution in [1.29, 1.82) is 0 Å². The highest BCUT2D eigenvalue weighted by atomic mass is 16.3. The summed E-state index contributed by atoms with van der Waals surface area (Å²) < 4.78 is 0.949. The van der Waals surface area contributed by atoms with Crippen LogP contribution >= 0.6 is 0 Å². The van der Waals surface area contributed by atoms with E-state index in [1.807, 2.05) is 0 Å². The first kappa shape index (κ1) is 40.6. The minimum Gasteiger partial charge on any atom is -0.384 e. The van der Waals surface area contributed by atoms with Crippen molar-refractivity contribution in [1.82, 2.24) is 0 Å². The molecule has 2 N–H and O–H groups in total. The van der Waals surface area contributed by atoms with Crippen LogP contribution in [0.15, 0.2) is 12.2 Å². The molecule has 43 heavy (non-hydrogen) atoms. The molecule has 3 nitrogen and oxygen atoms in total. The van der Waals surface area contributed by atoms with E-state index in [1.165, 1.54) is 186 Å². The fourth-order valence-corrected chi connectivity index (χ4v) is 7.41. The van der Waals surface area contributed by atoms with Gasteiger partial charge in [0, 0.05) is 0 Å². The molecule has 1 aliphatic rings. The Morgan fingerprint density at radius 2 is 0.814 bits per heavy atom. The number of nitrogens with zero attached hydrogens (tertiary/aromatic N) is 1. The largest absolute Gasteiger partial charge is 0.384 e. The van der Waals surface area contributed by atoms with Gasteiger partial charge in [0.15, 0.2) is 0 Å². The summed E-state index contributed by atoms with van der Waals surface area (Å²) in [5.41, 5.74) is 0. The molecule has 3 unspecified atom stereocenters. The fourth-order valence-electron chi connectivity index (χ4n) is 7.41. The van der Waals surface area contributed by atoms with Gasteiger partial charge in [-0.05, 0) is 58.3 Å². The molecule has 0 radical (unpaired) electrons. The molecule has 1 saturated heterocycles. The number of unbranched alkanes of at least 4 members (excludes halogenated alkanes) is 25. The van der Waals surface area contributed by atoms with Crippen molar-refractivity contribution >= 4 is 0 Å². The third-order valence-corrected chi connectivity index (χ3v) is 10.6. The molecule has 1 fully saturated rings. The lowest BCUT2D eigenvalue weighted by atomic mass is 10.0. The van der Waals surface area contributed by atoms with E-state index in [9.17, 15) is 10.2 Å². The number of allylic oxidation sites excluding steroid dienone is 2. The van der Waals surface area contributed by atoms with Gasteiger partial charge in [-0.1, -0.05) is 161 Å². The lowest BCUT2D eigenvalue weighted by Gasteiger charge is -2.40. The number of aliphatic hydroxyl groups excluding tert-OH is 2. The van der Waals surface area contributed by atoms with Crippen molar-refractivity contribution in [3.8, 4) is 0 Å². The van der Waals surface area contributed by atoms with E-state index in [-0.39, 0.29) is 0 Å². The van der Waals surface area contributed by atoms with Gasteiger partial charge in [-0.2, -0.15) is 0 Å². The number of rotatable bonds is 32. The first-order valence-corrected chi connectivity index (χ1v) is 19.9. The van der Waals surface area contributed by atoms with Crippen LogP contribution in [0.4, 0.5) is 0 Å². The Balaban J connectivity index is 2.07. The van der Waals surface area contributed by atoms with Crippen molar-refractivity contribution in [2.24, 2.45) is 0 Å². The molecule has 0 saturated carbocycles. The van der Waals surface area contributed by atoms with Crippen LogP contribution in [0, 0.1) is 0 Å². The summed E-state index contributed by atoms with van der Waals surface area (Å²) in [6.45, 7) is 9.62. The summed E-state index contributed by atoms with van der Waals surface area (Å²) in [6.07, 6.45) is 43.5. The maximum atomic E-state index is 10.4. The van der Waals surface area contributed by atoms with Gasteiger partial charge in [-0.3, -0.25) is 0 Å². The monoisotopic (exact) mass is 607 g/mol. The molecule has 1 rings (SSSR count). The van der Waals surface area contributed by atoms with Gasteiger partial charge in [-0.15, -0.1) is 0 Å². The fraction of sp³-hybridized carbons (Fsp3) is 0.950. The van der Waals surface area contributed by atoms with Gasteiger partial charge in [0.1, 0.15) is 25.3 Å². The summed E-state index contributed by atoms with van der Waals surface area (Å²) in [7, 11) is 0. The van der Waals surface area contributed by atoms with Crippen LogP contribution in [0.5, 0.6) is 0 Å². The van der Waals surface area contributed by atoms with Crippen LogP contribution in [-0.4, -0.2) is 52.6 Å². The van der Waals surface area contributed by atoms with Crippen LogP contribution in [0.2, 0.25) is 0 Å². The van der Waals surface area contributed by atoms with E-state index in [1.54, 1.807) is 0 Å². The topological polar surface area (TPSA) is 40.5 Å². The Morgan fingerprint density at radius 3 is 1.21 bits per heavy atom. The summed E-state index contributed by atoms with van der Waals surface area (Å²) in [4.78, 5) is 0. The van der Waals surface area contributed by atoms with Crippen molar-refractivity contribution in [3.63, 3.8) is 0 Å². The second-order valence-electron chi connectivity index (χ2n) is 14.6. The molecular formula is C40H80NO2+. The number of quaternary nitrogens is 1. The van der Waals surface area contributed by atoms with Gasteiger partial charge in [0.05, 0.1) is 12.6 Å². The Hall–Kier alpha value is -0.380. The smallest absolute Gasteiger partial charge is 0.134 e. The van der Waals surface area contributed by atoms with Crippen LogP contribution in [0.1, 0.15) is 207 Å². The maximum absolute atomic E-state index is 10.4. The molecule has 0 aliphatic carbocycles. The van der Waals surface area contributed by atoms with E-state index >= 15 is 0 Å². The van der Waals surface area contributed by atoms with Gasteiger partial charge in [0.2, 0.25) is 0 Å². The molecule has 3 heteroatoms. The molecule has 256 valence electrons. The Labute approximate surface area is 271 Å². The zero-order valence-corrected chi connectivity index (χ0v) is 29.9. The highest BCUT2D eigenvalue weighted by molar-refractivity contribution is 4.81. The summed E-state index contributed by atoms with van der Waals surface area (Å²) in [5.74, 6) is 0.